The highest BCUT2D eigenvalue weighted by Crippen LogP contribution is 2.14. The molecule has 0 atom stereocenters. The zero-order chi connectivity index (χ0) is 19.3. The van der Waals surface area contributed by atoms with Gasteiger partial charge in [0.1, 0.15) is 0 Å². The van der Waals surface area contributed by atoms with Crippen LogP contribution in [0.3, 0.4) is 0 Å². The van der Waals surface area contributed by atoms with Crippen LogP contribution in [0, 0.1) is 5.92 Å². The minimum Gasteiger partial charge on any atom is -0.381 e. The first-order valence-corrected chi connectivity index (χ1v) is 9.64. The van der Waals surface area contributed by atoms with Gasteiger partial charge in [-0.05, 0) is 42.9 Å². The van der Waals surface area contributed by atoms with Crippen molar-refractivity contribution in [3.8, 4) is 0 Å². The Hall–Kier alpha value is -1.39. The lowest BCUT2D eigenvalue weighted by molar-refractivity contribution is 0.0203. The summed E-state index contributed by atoms with van der Waals surface area (Å²) < 4.78 is 11.1. The molecule has 0 bridgehead atoms. The maximum atomic E-state index is 11.5. The summed E-state index contributed by atoms with van der Waals surface area (Å²) in [5, 5.41) is 9.18. The Balaban J connectivity index is 0.00000392. The molecule has 7 nitrogen and oxygen atoms in total. The molecule has 1 aromatic carbocycles. The van der Waals surface area contributed by atoms with Crippen molar-refractivity contribution in [3.63, 3.8) is 0 Å². The van der Waals surface area contributed by atoms with Crippen LogP contribution in [-0.2, 0) is 16.0 Å². The van der Waals surface area contributed by atoms with E-state index in [2.05, 4.69) is 20.9 Å². The van der Waals surface area contributed by atoms with Gasteiger partial charge in [0.15, 0.2) is 5.96 Å². The van der Waals surface area contributed by atoms with Crippen molar-refractivity contribution in [2.75, 3.05) is 47.1 Å². The molecule has 1 aromatic rings. The molecule has 1 saturated heterocycles. The molecule has 0 spiro atoms. The Labute approximate surface area is 185 Å². The van der Waals surface area contributed by atoms with Crippen molar-refractivity contribution in [1.29, 1.82) is 0 Å². The summed E-state index contributed by atoms with van der Waals surface area (Å²) in [7, 11) is 3.38. The number of hydrogen-bond donors (Lipinski definition) is 3. The third kappa shape index (κ3) is 9.20. The van der Waals surface area contributed by atoms with Crippen molar-refractivity contribution in [3.05, 3.63) is 35.4 Å². The average Bonchev–Trinajstić information content (AvgIpc) is 2.73. The van der Waals surface area contributed by atoms with Gasteiger partial charge in [0.25, 0.3) is 5.91 Å². The van der Waals surface area contributed by atoms with Crippen molar-refractivity contribution >= 4 is 35.8 Å². The SMILES string of the molecule is CN=C(NCCCOCC1CCOCC1)NCc1ccc(C(=O)NC)cc1.I. The van der Waals surface area contributed by atoms with E-state index in [9.17, 15) is 4.79 Å². The molecule has 158 valence electrons. The Morgan fingerprint density at radius 1 is 1.21 bits per heavy atom. The third-order valence-corrected chi connectivity index (χ3v) is 4.58. The molecule has 0 radical (unpaired) electrons. The van der Waals surface area contributed by atoms with Crippen molar-refractivity contribution < 1.29 is 14.3 Å². The molecular weight excluding hydrogens is 471 g/mol. The maximum Gasteiger partial charge on any atom is 0.251 e. The molecule has 1 aliphatic heterocycles. The van der Waals surface area contributed by atoms with Gasteiger partial charge in [-0.1, -0.05) is 12.1 Å². The number of hydrogen-bond acceptors (Lipinski definition) is 4. The predicted molar refractivity (Wildman–Crippen MR) is 122 cm³/mol. The van der Waals surface area contributed by atoms with Crippen molar-refractivity contribution in [2.24, 2.45) is 10.9 Å². The number of nitrogens with zero attached hydrogens (tertiary/aromatic N) is 1. The molecule has 1 amide bonds. The second-order valence-corrected chi connectivity index (χ2v) is 6.61. The Bertz CT molecular complexity index is 590. The van der Waals surface area contributed by atoms with Crippen LogP contribution in [-0.4, -0.2) is 58.9 Å². The summed E-state index contributed by atoms with van der Waals surface area (Å²) in [6.07, 6.45) is 3.16. The first-order chi connectivity index (χ1) is 13.2. The summed E-state index contributed by atoms with van der Waals surface area (Å²) in [5.74, 6) is 1.33. The molecule has 0 saturated carbocycles. The molecule has 2 rings (SSSR count). The lowest BCUT2D eigenvalue weighted by atomic mass is 10.0. The van der Waals surface area contributed by atoms with Crippen molar-refractivity contribution in [2.45, 2.75) is 25.8 Å². The molecule has 0 aliphatic carbocycles. The van der Waals surface area contributed by atoms with Crippen molar-refractivity contribution in [1.82, 2.24) is 16.0 Å². The summed E-state index contributed by atoms with van der Waals surface area (Å²) in [5.41, 5.74) is 1.75. The van der Waals surface area contributed by atoms with Gasteiger partial charge < -0.3 is 25.4 Å². The normalized spacial score (nSPS) is 14.9. The van der Waals surface area contributed by atoms with Crippen LogP contribution in [0.4, 0.5) is 0 Å². The molecule has 0 aromatic heterocycles. The lowest BCUT2D eigenvalue weighted by Crippen LogP contribution is -2.37. The predicted octanol–water partition coefficient (Wildman–Crippen LogP) is 2.16. The molecule has 1 aliphatic rings. The quantitative estimate of drug-likeness (QED) is 0.208. The number of carbonyl (C=O) groups is 1. The van der Waals surface area contributed by atoms with Gasteiger partial charge in [-0.15, -0.1) is 24.0 Å². The second-order valence-electron chi connectivity index (χ2n) is 6.61. The number of nitrogens with one attached hydrogen (secondary N) is 3. The van der Waals surface area contributed by atoms with Crippen LogP contribution < -0.4 is 16.0 Å². The fourth-order valence-electron chi connectivity index (χ4n) is 2.87. The first-order valence-electron chi connectivity index (χ1n) is 9.64. The fraction of sp³-hybridized carbons (Fsp3) is 0.600. The van der Waals surface area contributed by atoms with E-state index in [1.165, 1.54) is 0 Å². The van der Waals surface area contributed by atoms with Gasteiger partial charge in [-0.3, -0.25) is 9.79 Å². The van der Waals surface area contributed by atoms with Gasteiger partial charge in [-0.25, -0.2) is 0 Å². The van der Waals surface area contributed by atoms with Crippen LogP contribution >= 0.6 is 24.0 Å². The van der Waals surface area contributed by atoms with E-state index in [1.807, 2.05) is 24.3 Å². The van der Waals surface area contributed by atoms with Gasteiger partial charge in [0.2, 0.25) is 0 Å². The molecule has 0 unspecified atom stereocenters. The van der Waals surface area contributed by atoms with Gasteiger partial charge in [0, 0.05) is 59.2 Å². The summed E-state index contributed by atoms with van der Waals surface area (Å²) in [6, 6.07) is 7.52. The zero-order valence-corrected chi connectivity index (χ0v) is 19.2. The number of benzene rings is 1. The van der Waals surface area contributed by atoms with Crippen LogP contribution in [0.2, 0.25) is 0 Å². The zero-order valence-electron chi connectivity index (χ0n) is 16.8. The summed E-state index contributed by atoms with van der Waals surface area (Å²) in [4.78, 5) is 15.8. The number of carbonyl (C=O) groups excluding carboxylic acids is 1. The van der Waals surface area contributed by atoms with E-state index in [0.29, 0.717) is 18.0 Å². The second kappa shape index (κ2) is 14.6. The van der Waals surface area contributed by atoms with Gasteiger partial charge in [0.05, 0.1) is 0 Å². The number of amides is 1. The van der Waals surface area contributed by atoms with Gasteiger partial charge >= 0.3 is 0 Å². The fourth-order valence-corrected chi connectivity index (χ4v) is 2.87. The highest BCUT2D eigenvalue weighted by molar-refractivity contribution is 14.0. The molecule has 1 heterocycles. The molecule has 8 heteroatoms. The summed E-state index contributed by atoms with van der Waals surface area (Å²) in [6.45, 7) is 4.78. The molecular formula is C20H33IN4O3. The molecule has 1 fully saturated rings. The molecule has 3 N–H and O–H groups in total. The van der Waals surface area contributed by atoms with Crippen LogP contribution in [0.15, 0.2) is 29.3 Å². The van der Waals surface area contributed by atoms with E-state index in [0.717, 1.165) is 63.8 Å². The van der Waals surface area contributed by atoms with E-state index in [-0.39, 0.29) is 29.9 Å². The highest BCUT2D eigenvalue weighted by Gasteiger charge is 2.13. The minimum absolute atomic E-state index is 0. The van der Waals surface area contributed by atoms with Gasteiger partial charge in [-0.2, -0.15) is 0 Å². The monoisotopic (exact) mass is 504 g/mol. The van der Waals surface area contributed by atoms with E-state index >= 15 is 0 Å². The van der Waals surface area contributed by atoms with E-state index < -0.39 is 0 Å². The Morgan fingerprint density at radius 2 is 1.93 bits per heavy atom. The minimum atomic E-state index is -0.0778. The average molecular weight is 504 g/mol. The summed E-state index contributed by atoms with van der Waals surface area (Å²) >= 11 is 0. The number of guanidine groups is 1. The lowest BCUT2D eigenvalue weighted by Gasteiger charge is -2.21. The Morgan fingerprint density at radius 3 is 2.57 bits per heavy atom. The number of rotatable bonds is 9. The third-order valence-electron chi connectivity index (χ3n) is 4.58. The topological polar surface area (TPSA) is 84.0 Å². The largest absolute Gasteiger partial charge is 0.381 e. The van der Waals surface area contributed by atoms with Crippen LogP contribution in [0.5, 0.6) is 0 Å². The van der Waals surface area contributed by atoms with E-state index in [4.69, 9.17) is 9.47 Å². The maximum absolute atomic E-state index is 11.5. The number of aliphatic imine (C=N–C) groups is 1. The first kappa shape index (κ1) is 24.6. The number of ether oxygens (including phenoxy) is 2. The van der Waals surface area contributed by atoms with Crippen LogP contribution in [0.1, 0.15) is 35.2 Å². The molecule has 28 heavy (non-hydrogen) atoms. The highest BCUT2D eigenvalue weighted by atomic mass is 127. The number of halogens is 1. The van der Waals surface area contributed by atoms with E-state index in [1.54, 1.807) is 14.1 Å². The Kier molecular flexibility index (Phi) is 12.8. The smallest absolute Gasteiger partial charge is 0.251 e. The van der Waals surface area contributed by atoms with Crippen LogP contribution in [0.25, 0.3) is 0 Å². The standard InChI is InChI=1S/C20H32N4O3.HI/c1-21-19(25)18-6-4-16(5-7-18)14-24-20(22-2)23-10-3-11-27-15-17-8-12-26-13-9-17;/h4-7,17H,3,8-15H2,1-2H3,(H,21,25)(H2,22,23,24);1H.